The van der Waals surface area contributed by atoms with E-state index in [1.54, 1.807) is 30.0 Å². The lowest BCUT2D eigenvalue weighted by Crippen LogP contribution is -2.17. The van der Waals surface area contributed by atoms with Gasteiger partial charge in [0, 0.05) is 5.56 Å². The lowest BCUT2D eigenvalue weighted by molar-refractivity contribution is -0.274. The van der Waals surface area contributed by atoms with Gasteiger partial charge in [0.25, 0.3) is 0 Å². The molecule has 3 rings (SSSR count). The van der Waals surface area contributed by atoms with Gasteiger partial charge in [-0.1, -0.05) is 6.07 Å². The molecule has 4 nitrogen and oxygen atoms in total. The molecule has 0 saturated carbocycles. The molecule has 0 fully saturated rings. The van der Waals surface area contributed by atoms with Crippen LogP contribution >= 0.6 is 22.6 Å². The number of nitrogens with zero attached hydrogens (tertiary/aromatic N) is 3. The van der Waals surface area contributed by atoms with Gasteiger partial charge in [-0.15, -0.1) is 13.2 Å². The molecule has 22 heavy (non-hydrogen) atoms. The van der Waals surface area contributed by atoms with Crippen molar-refractivity contribution in [3.63, 3.8) is 0 Å². The summed E-state index contributed by atoms with van der Waals surface area (Å²) in [5.74, 6) is -0.235. The molecule has 0 radical (unpaired) electrons. The number of rotatable bonds is 2. The number of ether oxygens (including phenoxy) is 1. The zero-order valence-electron chi connectivity index (χ0n) is 11.2. The van der Waals surface area contributed by atoms with Crippen LogP contribution < -0.4 is 4.74 Å². The third-order valence-electron chi connectivity index (χ3n) is 3.09. The van der Waals surface area contributed by atoms with E-state index in [-0.39, 0.29) is 5.75 Å². The lowest BCUT2D eigenvalue weighted by Gasteiger charge is -2.12. The van der Waals surface area contributed by atoms with Crippen molar-refractivity contribution < 1.29 is 17.9 Å². The highest BCUT2D eigenvalue weighted by molar-refractivity contribution is 14.1. The predicted molar refractivity (Wildman–Crippen MR) is 82.6 cm³/mol. The van der Waals surface area contributed by atoms with Crippen molar-refractivity contribution in [2.24, 2.45) is 0 Å². The van der Waals surface area contributed by atoms with Crippen molar-refractivity contribution in [1.29, 1.82) is 0 Å². The van der Waals surface area contributed by atoms with Crippen LogP contribution in [0.3, 0.4) is 0 Å². The van der Waals surface area contributed by atoms with Crippen LogP contribution in [0.5, 0.6) is 5.75 Å². The maximum Gasteiger partial charge on any atom is 0.573 e. The number of aromatic nitrogens is 3. The Bertz CT molecular complexity index is 845. The first-order valence-corrected chi connectivity index (χ1v) is 7.27. The molecule has 3 aromatic rings. The van der Waals surface area contributed by atoms with E-state index in [2.05, 4.69) is 37.4 Å². The molecular formula is C14H9F3IN3O. The Morgan fingerprint density at radius 1 is 1.23 bits per heavy atom. The molecule has 1 aromatic carbocycles. The Hall–Kier alpha value is -1.84. The summed E-state index contributed by atoms with van der Waals surface area (Å²) in [4.78, 5) is 4.15. The number of benzene rings is 1. The second kappa shape index (κ2) is 5.41. The first kappa shape index (κ1) is 15.1. The number of aryl methyl sites for hydroxylation is 1. The molecule has 2 aromatic heterocycles. The van der Waals surface area contributed by atoms with Gasteiger partial charge >= 0.3 is 6.36 Å². The van der Waals surface area contributed by atoms with Crippen LogP contribution in [-0.2, 0) is 0 Å². The van der Waals surface area contributed by atoms with Gasteiger partial charge in [0.05, 0.1) is 11.7 Å². The van der Waals surface area contributed by atoms with E-state index >= 15 is 0 Å². The van der Waals surface area contributed by atoms with Gasteiger partial charge in [0.1, 0.15) is 15.8 Å². The second-order valence-electron chi connectivity index (χ2n) is 4.63. The Morgan fingerprint density at radius 3 is 2.68 bits per heavy atom. The molecule has 8 heteroatoms. The third-order valence-corrected chi connectivity index (χ3v) is 3.93. The van der Waals surface area contributed by atoms with Crippen molar-refractivity contribution in [1.82, 2.24) is 14.6 Å². The highest BCUT2D eigenvalue weighted by Gasteiger charge is 2.31. The Labute approximate surface area is 137 Å². The molecular weight excluding hydrogens is 410 g/mol. The molecule has 0 aliphatic carbocycles. The fourth-order valence-corrected chi connectivity index (χ4v) is 2.69. The molecule has 114 valence electrons. The van der Waals surface area contributed by atoms with E-state index in [4.69, 9.17) is 0 Å². The van der Waals surface area contributed by atoms with Gasteiger partial charge in [-0.25, -0.2) is 9.50 Å². The van der Waals surface area contributed by atoms with Crippen LogP contribution in [0.25, 0.3) is 16.6 Å². The molecule has 0 aliphatic heterocycles. The molecule has 0 spiro atoms. The summed E-state index contributed by atoms with van der Waals surface area (Å²) in [5.41, 5.74) is 3.11. The summed E-state index contributed by atoms with van der Waals surface area (Å²) in [7, 11) is 0. The van der Waals surface area contributed by atoms with Crippen LogP contribution in [0.15, 0.2) is 36.8 Å². The molecule has 2 heterocycles. The zero-order chi connectivity index (χ0) is 15.9. The van der Waals surface area contributed by atoms with E-state index in [1.165, 1.54) is 12.1 Å². The SMILES string of the molecule is Cc1cc(OC(F)(F)F)ccc1-c1cnn2cnc(I)c2c1. The third kappa shape index (κ3) is 3.01. The molecule has 0 N–H and O–H groups in total. The average molecular weight is 419 g/mol. The average Bonchev–Trinajstić information content (AvgIpc) is 2.78. The Kier molecular flexibility index (Phi) is 3.71. The van der Waals surface area contributed by atoms with E-state index < -0.39 is 6.36 Å². The predicted octanol–water partition coefficient (Wildman–Crippen LogP) is 4.21. The minimum absolute atomic E-state index is 0.235. The lowest BCUT2D eigenvalue weighted by atomic mass is 10.0. The van der Waals surface area contributed by atoms with E-state index in [1.807, 2.05) is 6.07 Å². The fourth-order valence-electron chi connectivity index (χ4n) is 2.16. The van der Waals surface area contributed by atoms with Crippen LogP contribution in [-0.4, -0.2) is 21.0 Å². The smallest absolute Gasteiger partial charge is 0.406 e. The van der Waals surface area contributed by atoms with Crippen LogP contribution in [0.1, 0.15) is 5.56 Å². The molecule has 0 atom stereocenters. The van der Waals surface area contributed by atoms with E-state index in [0.29, 0.717) is 5.56 Å². The first-order valence-electron chi connectivity index (χ1n) is 6.19. The second-order valence-corrected chi connectivity index (χ2v) is 5.66. The van der Waals surface area contributed by atoms with Crippen molar-refractivity contribution in [2.75, 3.05) is 0 Å². The number of hydrogen-bond donors (Lipinski definition) is 0. The van der Waals surface area contributed by atoms with Gasteiger partial charge in [-0.2, -0.15) is 5.10 Å². The highest BCUT2D eigenvalue weighted by Crippen LogP contribution is 2.30. The maximum atomic E-state index is 12.2. The van der Waals surface area contributed by atoms with Crippen LogP contribution in [0, 0.1) is 10.6 Å². The fraction of sp³-hybridized carbons (Fsp3) is 0.143. The Morgan fingerprint density at radius 2 is 2.00 bits per heavy atom. The maximum absolute atomic E-state index is 12.2. The molecule has 0 unspecified atom stereocenters. The monoisotopic (exact) mass is 419 g/mol. The minimum atomic E-state index is -4.69. The normalized spacial score (nSPS) is 11.9. The van der Waals surface area contributed by atoms with Crippen LogP contribution in [0.2, 0.25) is 0 Å². The highest BCUT2D eigenvalue weighted by atomic mass is 127. The van der Waals surface area contributed by atoms with E-state index in [0.717, 1.165) is 20.3 Å². The van der Waals surface area contributed by atoms with E-state index in [9.17, 15) is 13.2 Å². The summed E-state index contributed by atoms with van der Waals surface area (Å²) >= 11 is 2.10. The minimum Gasteiger partial charge on any atom is -0.406 e. The summed E-state index contributed by atoms with van der Waals surface area (Å²) in [6, 6.07) is 6.14. The zero-order valence-corrected chi connectivity index (χ0v) is 13.4. The van der Waals surface area contributed by atoms with Crippen molar-refractivity contribution in [3.8, 4) is 16.9 Å². The summed E-state index contributed by atoms with van der Waals surface area (Å²) in [6.45, 7) is 1.73. The van der Waals surface area contributed by atoms with Crippen LogP contribution in [0.4, 0.5) is 13.2 Å². The largest absolute Gasteiger partial charge is 0.573 e. The van der Waals surface area contributed by atoms with Gasteiger partial charge in [0.15, 0.2) is 0 Å². The number of halogens is 4. The number of imidazole rings is 1. The summed E-state index contributed by atoms with van der Waals surface area (Å²) in [5, 5.41) is 4.24. The number of fused-ring (bicyclic) bond motifs is 1. The van der Waals surface area contributed by atoms with Gasteiger partial charge in [-0.05, 0) is 58.8 Å². The van der Waals surface area contributed by atoms with Gasteiger partial charge < -0.3 is 4.74 Å². The topological polar surface area (TPSA) is 39.4 Å². The molecule has 0 amide bonds. The molecule has 0 aliphatic rings. The first-order chi connectivity index (χ1) is 10.3. The van der Waals surface area contributed by atoms with Crippen molar-refractivity contribution >= 4 is 28.1 Å². The van der Waals surface area contributed by atoms with Gasteiger partial charge in [-0.3, -0.25) is 0 Å². The number of hydrogen-bond acceptors (Lipinski definition) is 3. The summed E-state index contributed by atoms with van der Waals surface area (Å²) in [6.07, 6.45) is -1.44. The summed E-state index contributed by atoms with van der Waals surface area (Å²) < 4.78 is 43.1. The van der Waals surface area contributed by atoms with Crippen molar-refractivity contribution in [2.45, 2.75) is 13.3 Å². The molecule has 0 saturated heterocycles. The van der Waals surface area contributed by atoms with Crippen molar-refractivity contribution in [3.05, 3.63) is 46.1 Å². The standard InChI is InChI=1S/C14H9F3IN3O/c1-8-4-10(22-14(15,16)17)2-3-11(8)9-5-12-13(18)19-7-21(12)20-6-9/h2-7H,1H3. The number of alkyl halides is 3. The van der Waals surface area contributed by atoms with Gasteiger partial charge in [0.2, 0.25) is 0 Å². The quantitative estimate of drug-likeness (QED) is 0.585. The Balaban J connectivity index is 2.01. The molecule has 0 bridgehead atoms.